The van der Waals surface area contributed by atoms with Crippen LogP contribution in [-0.2, 0) is 0 Å². The SMILES string of the molecule is NC(=S)N(N)CNC(=S)N(N)CO. The molecule has 0 rings (SSSR count). The molecule has 0 bridgehead atoms. The average molecular weight is 224 g/mol. The van der Waals surface area contributed by atoms with E-state index in [0.717, 1.165) is 10.0 Å². The normalized spacial score (nSPS) is 9.15. The second-order valence-corrected chi connectivity index (χ2v) is 2.86. The predicted molar refractivity (Wildman–Crippen MR) is 56.5 cm³/mol. The van der Waals surface area contributed by atoms with Gasteiger partial charge in [0.15, 0.2) is 10.2 Å². The molecule has 9 heteroatoms. The first-order valence-electron chi connectivity index (χ1n) is 3.21. The fourth-order valence-electron chi connectivity index (χ4n) is 0.396. The number of hydrogen-bond acceptors (Lipinski definition) is 5. The zero-order valence-corrected chi connectivity index (χ0v) is 8.44. The zero-order valence-electron chi connectivity index (χ0n) is 6.80. The number of aliphatic hydroxyl groups excluding tert-OH is 1. The Bertz CT molecular complexity index is 199. The van der Waals surface area contributed by atoms with Crippen molar-refractivity contribution in [3.8, 4) is 0 Å². The molecule has 0 saturated heterocycles. The lowest BCUT2D eigenvalue weighted by atomic mass is 10.8. The lowest BCUT2D eigenvalue weighted by molar-refractivity contribution is 0.169. The van der Waals surface area contributed by atoms with Crippen molar-refractivity contribution >= 4 is 34.7 Å². The molecule has 7 nitrogen and oxygen atoms in total. The third-order valence-electron chi connectivity index (χ3n) is 1.10. The molecule has 0 spiro atoms. The van der Waals surface area contributed by atoms with Gasteiger partial charge in [-0.05, 0) is 24.4 Å². The molecule has 0 aromatic rings. The lowest BCUT2D eigenvalue weighted by Crippen LogP contribution is -2.52. The summed E-state index contributed by atoms with van der Waals surface area (Å²) in [7, 11) is 0. The van der Waals surface area contributed by atoms with Crippen LogP contribution in [0.2, 0.25) is 0 Å². The van der Waals surface area contributed by atoms with Gasteiger partial charge < -0.3 is 16.2 Å². The van der Waals surface area contributed by atoms with Crippen molar-refractivity contribution < 1.29 is 5.11 Å². The van der Waals surface area contributed by atoms with Crippen molar-refractivity contribution in [2.24, 2.45) is 17.4 Å². The summed E-state index contributed by atoms with van der Waals surface area (Å²) in [5.74, 6) is 10.6. The summed E-state index contributed by atoms with van der Waals surface area (Å²) in [6.45, 7) is -0.259. The van der Waals surface area contributed by atoms with Gasteiger partial charge in [-0.3, -0.25) is 10.0 Å². The van der Waals surface area contributed by atoms with Crippen LogP contribution in [-0.4, -0.2) is 38.7 Å². The second kappa shape index (κ2) is 5.83. The van der Waals surface area contributed by atoms with Crippen LogP contribution in [0.5, 0.6) is 0 Å². The highest BCUT2D eigenvalue weighted by Crippen LogP contribution is 1.79. The van der Waals surface area contributed by atoms with E-state index in [9.17, 15) is 0 Å². The molecule has 8 N–H and O–H groups in total. The standard InChI is InChI=1S/C4H12N6OS2/c5-3(12)9(6)1-8-4(13)10(7)2-11/h11H,1-2,6-7H2,(H2,5,12)(H,8,13). The summed E-state index contributed by atoms with van der Waals surface area (Å²) >= 11 is 9.31. The van der Waals surface area contributed by atoms with Crippen LogP contribution in [0, 0.1) is 0 Å². The molecule has 0 amide bonds. The van der Waals surface area contributed by atoms with Crippen molar-refractivity contribution in [1.82, 2.24) is 15.3 Å². The van der Waals surface area contributed by atoms with Gasteiger partial charge in [-0.2, -0.15) is 0 Å². The summed E-state index contributed by atoms with van der Waals surface area (Å²) < 4.78 is 0. The minimum Gasteiger partial charge on any atom is -0.375 e. The van der Waals surface area contributed by atoms with Crippen molar-refractivity contribution in [3.05, 3.63) is 0 Å². The molecule has 0 atom stereocenters. The summed E-state index contributed by atoms with van der Waals surface area (Å²) in [6, 6.07) is 0. The number of hydrogen-bond donors (Lipinski definition) is 5. The monoisotopic (exact) mass is 224 g/mol. The molecule has 0 aliphatic rings. The van der Waals surface area contributed by atoms with Crippen LogP contribution in [0.25, 0.3) is 0 Å². The van der Waals surface area contributed by atoms with Gasteiger partial charge in [-0.15, -0.1) is 0 Å². The Balaban J connectivity index is 3.76. The third-order valence-corrected chi connectivity index (χ3v) is 1.71. The summed E-state index contributed by atoms with van der Waals surface area (Å²) in [6.07, 6.45) is 0. The fraction of sp³-hybridized carbons (Fsp3) is 0.500. The molecule has 0 aromatic heterocycles. The zero-order chi connectivity index (χ0) is 10.4. The van der Waals surface area contributed by atoms with Gasteiger partial charge >= 0.3 is 0 Å². The van der Waals surface area contributed by atoms with E-state index in [0.29, 0.717) is 0 Å². The predicted octanol–water partition coefficient (Wildman–Crippen LogP) is -2.64. The molecular weight excluding hydrogens is 212 g/mol. The number of hydrazine groups is 2. The quantitative estimate of drug-likeness (QED) is 0.152. The molecule has 0 unspecified atom stereocenters. The van der Waals surface area contributed by atoms with Crippen molar-refractivity contribution in [3.63, 3.8) is 0 Å². The van der Waals surface area contributed by atoms with Gasteiger partial charge in [-0.1, -0.05) is 0 Å². The van der Waals surface area contributed by atoms with Gasteiger partial charge in [0.25, 0.3) is 0 Å². The number of nitrogens with zero attached hydrogens (tertiary/aromatic N) is 2. The highest BCUT2D eigenvalue weighted by atomic mass is 32.1. The van der Waals surface area contributed by atoms with E-state index in [4.69, 9.17) is 34.7 Å². The van der Waals surface area contributed by atoms with Crippen molar-refractivity contribution in [1.29, 1.82) is 0 Å². The van der Waals surface area contributed by atoms with Crippen LogP contribution < -0.4 is 22.7 Å². The van der Waals surface area contributed by atoms with Gasteiger partial charge in [0.05, 0.1) is 0 Å². The lowest BCUT2D eigenvalue weighted by Gasteiger charge is -2.21. The maximum atomic E-state index is 8.56. The van der Waals surface area contributed by atoms with E-state index >= 15 is 0 Å². The molecule has 0 heterocycles. The molecular formula is C4H12N6OS2. The van der Waals surface area contributed by atoms with E-state index in [1.807, 2.05) is 0 Å². The van der Waals surface area contributed by atoms with Crippen LogP contribution in [0.15, 0.2) is 0 Å². The smallest absolute Gasteiger partial charge is 0.186 e. The number of nitrogens with two attached hydrogens (primary N) is 3. The third kappa shape index (κ3) is 4.75. The molecule has 0 aliphatic heterocycles. The Kier molecular flexibility index (Phi) is 5.50. The minimum absolute atomic E-state index is 0.0304. The van der Waals surface area contributed by atoms with Crippen molar-refractivity contribution in [2.75, 3.05) is 13.4 Å². The van der Waals surface area contributed by atoms with E-state index < -0.39 is 0 Å². The van der Waals surface area contributed by atoms with Gasteiger partial charge in [0.1, 0.15) is 13.4 Å². The number of thiocarbonyl (C=S) groups is 2. The first-order valence-corrected chi connectivity index (χ1v) is 4.03. The molecule has 13 heavy (non-hydrogen) atoms. The Morgan fingerprint density at radius 2 is 1.85 bits per heavy atom. The minimum atomic E-state index is -0.385. The van der Waals surface area contributed by atoms with E-state index in [2.05, 4.69) is 17.5 Å². The number of rotatable bonds is 3. The van der Waals surface area contributed by atoms with E-state index in [1.54, 1.807) is 0 Å². The molecule has 0 radical (unpaired) electrons. The van der Waals surface area contributed by atoms with Gasteiger partial charge in [0, 0.05) is 0 Å². The summed E-state index contributed by atoms with van der Waals surface area (Å²) in [5.41, 5.74) is 5.19. The van der Waals surface area contributed by atoms with Crippen LogP contribution in [0.3, 0.4) is 0 Å². The first kappa shape index (κ1) is 12.3. The largest absolute Gasteiger partial charge is 0.375 e. The number of nitrogens with one attached hydrogen (secondary N) is 1. The molecule has 0 aromatic carbocycles. The highest BCUT2D eigenvalue weighted by Gasteiger charge is 2.04. The Hall–Kier alpha value is -0.740. The molecule has 0 fully saturated rings. The Labute approximate surface area is 86.4 Å². The Morgan fingerprint density at radius 1 is 1.31 bits per heavy atom. The molecule has 0 aliphatic carbocycles. The fourth-order valence-corrected chi connectivity index (χ4v) is 0.583. The average Bonchev–Trinajstić information content (AvgIpc) is 2.11. The maximum absolute atomic E-state index is 8.56. The van der Waals surface area contributed by atoms with E-state index in [-0.39, 0.29) is 23.6 Å². The maximum Gasteiger partial charge on any atom is 0.186 e. The van der Waals surface area contributed by atoms with Gasteiger partial charge in [-0.25, -0.2) is 11.7 Å². The first-order chi connectivity index (χ1) is 5.99. The second-order valence-electron chi connectivity index (χ2n) is 2.06. The van der Waals surface area contributed by atoms with Crippen LogP contribution >= 0.6 is 24.4 Å². The highest BCUT2D eigenvalue weighted by molar-refractivity contribution is 7.80. The Morgan fingerprint density at radius 3 is 2.23 bits per heavy atom. The van der Waals surface area contributed by atoms with Crippen molar-refractivity contribution in [2.45, 2.75) is 0 Å². The van der Waals surface area contributed by atoms with Crippen LogP contribution in [0.4, 0.5) is 0 Å². The molecule has 0 saturated carbocycles. The summed E-state index contributed by atoms with van der Waals surface area (Å²) in [5, 5.41) is 13.4. The summed E-state index contributed by atoms with van der Waals surface area (Å²) in [4.78, 5) is 0. The van der Waals surface area contributed by atoms with Crippen LogP contribution in [0.1, 0.15) is 0 Å². The number of aliphatic hydroxyl groups is 1. The topological polar surface area (TPSA) is 117 Å². The molecule has 76 valence electrons. The van der Waals surface area contributed by atoms with Gasteiger partial charge in [0.2, 0.25) is 0 Å². The van der Waals surface area contributed by atoms with E-state index in [1.165, 1.54) is 0 Å².